The van der Waals surface area contributed by atoms with Crippen LogP contribution in [-0.2, 0) is 0 Å². The largest absolute Gasteiger partial charge is 0.370 e. The molecule has 76 valence electrons. The van der Waals surface area contributed by atoms with Gasteiger partial charge in [0.1, 0.15) is 0 Å². The summed E-state index contributed by atoms with van der Waals surface area (Å²) in [6, 6.07) is 0.486. The van der Waals surface area contributed by atoms with Crippen molar-refractivity contribution in [3.63, 3.8) is 0 Å². The fraction of sp³-hybridized carbons (Fsp3) is 0.900. The van der Waals surface area contributed by atoms with Crippen molar-refractivity contribution in [2.24, 2.45) is 16.6 Å². The molecule has 1 aliphatic rings. The van der Waals surface area contributed by atoms with E-state index in [0.29, 0.717) is 12.0 Å². The van der Waals surface area contributed by atoms with E-state index in [9.17, 15) is 0 Å². The summed E-state index contributed by atoms with van der Waals surface area (Å²) in [5, 5.41) is 3.16. The fourth-order valence-corrected chi connectivity index (χ4v) is 1.42. The average molecular weight is 183 g/mol. The lowest BCUT2D eigenvalue weighted by molar-refractivity contribution is 0.507. The molecule has 1 saturated carbocycles. The van der Waals surface area contributed by atoms with Crippen LogP contribution in [0.25, 0.3) is 0 Å². The average Bonchev–Trinajstić information content (AvgIpc) is 2.62. The molecule has 0 aromatic carbocycles. The van der Waals surface area contributed by atoms with Crippen LogP contribution in [0.1, 0.15) is 40.5 Å². The molecule has 0 radical (unpaired) electrons. The molecule has 1 fully saturated rings. The van der Waals surface area contributed by atoms with Gasteiger partial charge in [0.05, 0.1) is 6.04 Å². The Morgan fingerprint density at radius 3 is 2.54 bits per heavy atom. The zero-order chi connectivity index (χ0) is 10.1. The maximum Gasteiger partial charge on any atom is 0.189 e. The van der Waals surface area contributed by atoms with Crippen LogP contribution < -0.4 is 11.1 Å². The van der Waals surface area contributed by atoms with Crippen LogP contribution in [0.2, 0.25) is 0 Å². The van der Waals surface area contributed by atoms with Gasteiger partial charge in [0.2, 0.25) is 0 Å². The summed E-state index contributed by atoms with van der Waals surface area (Å²) in [7, 11) is 0. The second-order valence-corrected chi connectivity index (χ2v) is 4.86. The summed E-state index contributed by atoms with van der Waals surface area (Å²) in [6.07, 6.45) is 2.43. The molecule has 0 heterocycles. The summed E-state index contributed by atoms with van der Waals surface area (Å²) < 4.78 is 0. The van der Waals surface area contributed by atoms with Crippen LogP contribution >= 0.6 is 0 Å². The van der Waals surface area contributed by atoms with Crippen LogP contribution in [0.3, 0.4) is 0 Å². The highest BCUT2D eigenvalue weighted by Crippen LogP contribution is 2.36. The lowest BCUT2D eigenvalue weighted by Gasteiger charge is -2.20. The van der Waals surface area contributed by atoms with Crippen molar-refractivity contribution in [3.8, 4) is 0 Å². The third-order valence-corrected chi connectivity index (χ3v) is 2.22. The van der Waals surface area contributed by atoms with E-state index in [1.54, 1.807) is 0 Å². The third-order valence-electron chi connectivity index (χ3n) is 2.22. The Labute approximate surface area is 80.8 Å². The molecule has 2 unspecified atom stereocenters. The molecule has 0 amide bonds. The van der Waals surface area contributed by atoms with Crippen LogP contribution in [-0.4, -0.2) is 17.5 Å². The summed E-state index contributed by atoms with van der Waals surface area (Å²) in [6.45, 7) is 8.45. The van der Waals surface area contributed by atoms with Crippen LogP contribution in [0.4, 0.5) is 0 Å². The number of guanidine groups is 1. The third kappa shape index (κ3) is 3.66. The minimum atomic E-state index is 0.0180. The SMILES string of the molecule is CCC1CC1N=C(N)NC(C)(C)C. The Morgan fingerprint density at radius 2 is 2.15 bits per heavy atom. The highest BCUT2D eigenvalue weighted by molar-refractivity contribution is 5.78. The van der Waals surface area contributed by atoms with Gasteiger partial charge in [0, 0.05) is 5.54 Å². The second-order valence-electron chi connectivity index (χ2n) is 4.86. The molecule has 0 bridgehead atoms. The Bertz CT molecular complexity index is 203. The molecule has 1 rings (SSSR count). The second kappa shape index (κ2) is 3.56. The van der Waals surface area contributed by atoms with E-state index in [1.165, 1.54) is 12.8 Å². The normalized spacial score (nSPS) is 28.8. The summed E-state index contributed by atoms with van der Waals surface area (Å²) in [5.41, 5.74) is 5.77. The molecule has 3 N–H and O–H groups in total. The van der Waals surface area contributed by atoms with Gasteiger partial charge in [-0.2, -0.15) is 0 Å². The number of nitrogens with two attached hydrogens (primary N) is 1. The van der Waals surface area contributed by atoms with Gasteiger partial charge in [-0.15, -0.1) is 0 Å². The van der Waals surface area contributed by atoms with E-state index in [4.69, 9.17) is 5.73 Å². The quantitative estimate of drug-likeness (QED) is 0.503. The molecule has 0 aromatic heterocycles. The lowest BCUT2D eigenvalue weighted by Crippen LogP contribution is -2.45. The number of rotatable bonds is 2. The van der Waals surface area contributed by atoms with E-state index in [-0.39, 0.29) is 5.54 Å². The Morgan fingerprint density at radius 1 is 1.54 bits per heavy atom. The first-order valence-electron chi connectivity index (χ1n) is 5.04. The molecule has 2 atom stereocenters. The van der Waals surface area contributed by atoms with Crippen molar-refractivity contribution in [2.45, 2.75) is 52.1 Å². The van der Waals surface area contributed by atoms with E-state index < -0.39 is 0 Å². The lowest BCUT2D eigenvalue weighted by atomic mass is 10.1. The highest BCUT2D eigenvalue weighted by atomic mass is 15.1. The minimum absolute atomic E-state index is 0.0180. The predicted molar refractivity (Wildman–Crippen MR) is 56.7 cm³/mol. The first kappa shape index (κ1) is 10.4. The molecule has 0 aromatic rings. The Kier molecular flexibility index (Phi) is 2.84. The number of aliphatic imine (C=N–C) groups is 1. The molecule has 3 heteroatoms. The number of hydrogen-bond acceptors (Lipinski definition) is 1. The van der Waals surface area contributed by atoms with Gasteiger partial charge in [-0.3, -0.25) is 0 Å². The van der Waals surface area contributed by atoms with Gasteiger partial charge in [-0.1, -0.05) is 13.3 Å². The molecular formula is C10H21N3. The van der Waals surface area contributed by atoms with E-state index >= 15 is 0 Å². The van der Waals surface area contributed by atoms with Gasteiger partial charge in [-0.25, -0.2) is 4.99 Å². The van der Waals surface area contributed by atoms with Crippen LogP contribution in [0.15, 0.2) is 4.99 Å². The summed E-state index contributed by atoms with van der Waals surface area (Å²) in [5.74, 6) is 1.37. The zero-order valence-corrected chi connectivity index (χ0v) is 9.09. The molecule has 0 spiro atoms. The highest BCUT2D eigenvalue weighted by Gasteiger charge is 2.35. The first-order chi connectivity index (χ1) is 5.92. The fourth-order valence-electron chi connectivity index (χ4n) is 1.42. The van der Waals surface area contributed by atoms with Gasteiger partial charge < -0.3 is 11.1 Å². The number of nitrogens with zero attached hydrogens (tertiary/aromatic N) is 1. The predicted octanol–water partition coefficient (Wildman–Crippen LogP) is 1.49. The van der Waals surface area contributed by atoms with E-state index in [2.05, 4.69) is 38.0 Å². The standard InChI is InChI=1S/C10H21N3/c1-5-7-6-8(7)12-9(11)13-10(2,3)4/h7-8H,5-6H2,1-4H3,(H3,11,12,13). The Balaban J connectivity index is 2.36. The van der Waals surface area contributed by atoms with Crippen molar-refractivity contribution >= 4 is 5.96 Å². The molecule has 1 aliphatic carbocycles. The summed E-state index contributed by atoms with van der Waals surface area (Å²) in [4.78, 5) is 4.41. The minimum Gasteiger partial charge on any atom is -0.370 e. The molecular weight excluding hydrogens is 162 g/mol. The number of nitrogens with one attached hydrogen (secondary N) is 1. The first-order valence-corrected chi connectivity index (χ1v) is 5.04. The van der Waals surface area contributed by atoms with E-state index in [0.717, 1.165) is 5.92 Å². The van der Waals surface area contributed by atoms with Crippen LogP contribution in [0, 0.1) is 5.92 Å². The molecule has 0 saturated heterocycles. The molecule has 13 heavy (non-hydrogen) atoms. The smallest absolute Gasteiger partial charge is 0.189 e. The Hall–Kier alpha value is -0.730. The maximum atomic E-state index is 5.76. The van der Waals surface area contributed by atoms with Crippen molar-refractivity contribution in [2.75, 3.05) is 0 Å². The van der Waals surface area contributed by atoms with E-state index in [1.807, 2.05) is 0 Å². The number of hydrogen-bond donors (Lipinski definition) is 2. The molecule has 0 aliphatic heterocycles. The van der Waals surface area contributed by atoms with Crippen molar-refractivity contribution in [1.82, 2.24) is 5.32 Å². The summed E-state index contributed by atoms with van der Waals surface area (Å²) >= 11 is 0. The van der Waals surface area contributed by atoms with Crippen molar-refractivity contribution < 1.29 is 0 Å². The zero-order valence-electron chi connectivity index (χ0n) is 9.09. The molecule has 3 nitrogen and oxygen atoms in total. The monoisotopic (exact) mass is 183 g/mol. The maximum absolute atomic E-state index is 5.76. The van der Waals surface area contributed by atoms with Crippen molar-refractivity contribution in [1.29, 1.82) is 0 Å². The topological polar surface area (TPSA) is 50.4 Å². The van der Waals surface area contributed by atoms with Gasteiger partial charge in [-0.05, 0) is 33.1 Å². The van der Waals surface area contributed by atoms with Crippen LogP contribution in [0.5, 0.6) is 0 Å². The van der Waals surface area contributed by atoms with Gasteiger partial charge in [0.15, 0.2) is 5.96 Å². The van der Waals surface area contributed by atoms with Gasteiger partial charge in [0.25, 0.3) is 0 Å². The van der Waals surface area contributed by atoms with Gasteiger partial charge >= 0.3 is 0 Å². The van der Waals surface area contributed by atoms with Crippen molar-refractivity contribution in [3.05, 3.63) is 0 Å².